The van der Waals surface area contributed by atoms with Crippen LogP contribution in [-0.2, 0) is 4.79 Å². The van der Waals surface area contributed by atoms with Gasteiger partial charge < -0.3 is 5.32 Å². The van der Waals surface area contributed by atoms with E-state index >= 15 is 0 Å². The van der Waals surface area contributed by atoms with Gasteiger partial charge in [0.2, 0.25) is 5.91 Å². The Morgan fingerprint density at radius 1 is 1.08 bits per heavy atom. The molecule has 4 rings (SSSR count). The van der Waals surface area contributed by atoms with E-state index in [1.165, 1.54) is 16.7 Å². The molecule has 1 amide bonds. The highest BCUT2D eigenvalue weighted by molar-refractivity contribution is 8.06. The van der Waals surface area contributed by atoms with Crippen LogP contribution in [0, 0.1) is 5.41 Å². The fourth-order valence-corrected chi connectivity index (χ4v) is 3.86. The minimum atomic E-state index is -0.0824. The maximum atomic E-state index is 12.4. The van der Waals surface area contributed by atoms with E-state index in [2.05, 4.69) is 5.32 Å². The van der Waals surface area contributed by atoms with Crippen molar-refractivity contribution in [2.75, 3.05) is 4.90 Å². The van der Waals surface area contributed by atoms with Crippen molar-refractivity contribution in [3.63, 3.8) is 0 Å². The van der Waals surface area contributed by atoms with Gasteiger partial charge in [-0.25, -0.2) is 0 Å². The van der Waals surface area contributed by atoms with E-state index in [1.807, 2.05) is 60.0 Å². The highest BCUT2D eigenvalue weighted by atomic mass is 35.5. The number of amidine groups is 1. The van der Waals surface area contributed by atoms with Crippen molar-refractivity contribution in [3.8, 4) is 0 Å². The number of nitrogens with one attached hydrogen (secondary N) is 2. The Morgan fingerprint density at radius 3 is 2.52 bits per heavy atom. The molecule has 0 radical (unpaired) electrons. The third kappa shape index (κ3) is 2.97. The predicted molar refractivity (Wildman–Crippen MR) is 103 cm³/mol. The zero-order chi connectivity index (χ0) is 17.4. The van der Waals surface area contributed by atoms with Crippen LogP contribution in [0.2, 0.25) is 5.02 Å². The Morgan fingerprint density at radius 2 is 1.80 bits per heavy atom. The molecule has 1 fully saturated rings. The Kier molecular flexibility index (Phi) is 4.11. The lowest BCUT2D eigenvalue weighted by molar-refractivity contribution is -0.116. The summed E-state index contributed by atoms with van der Waals surface area (Å²) < 4.78 is 0. The fraction of sp³-hybridized carbons (Fsp3) is 0.0526. The van der Waals surface area contributed by atoms with E-state index < -0.39 is 0 Å². The van der Waals surface area contributed by atoms with Crippen LogP contribution in [0.15, 0.2) is 70.6 Å². The minimum absolute atomic E-state index is 0.0824. The summed E-state index contributed by atoms with van der Waals surface area (Å²) >= 11 is 7.44. The number of anilines is 1. The summed E-state index contributed by atoms with van der Waals surface area (Å²) in [5.41, 5.74) is 3.41. The quantitative estimate of drug-likeness (QED) is 0.815. The van der Waals surface area contributed by atoms with Gasteiger partial charge >= 0.3 is 0 Å². The standard InChI is InChI=1S/C19H14ClN3OS/c20-13-8-6-12(7-9-13)16-11-25-19(22-16)15-10-17(24)23(18(15)21)14-4-2-1-3-5-14/h1-9,11,21-22H,10H2/b19-15-,21-18?. The summed E-state index contributed by atoms with van der Waals surface area (Å²) in [5, 5.41) is 15.3. The van der Waals surface area contributed by atoms with E-state index in [0.717, 1.165) is 27.6 Å². The first-order chi connectivity index (χ1) is 12.1. The maximum absolute atomic E-state index is 12.4. The molecule has 2 aromatic rings. The average Bonchev–Trinajstić information content (AvgIpc) is 3.21. The monoisotopic (exact) mass is 367 g/mol. The Balaban J connectivity index is 1.60. The first-order valence-corrected chi connectivity index (χ1v) is 8.99. The molecule has 0 saturated carbocycles. The van der Waals surface area contributed by atoms with Crippen molar-refractivity contribution < 1.29 is 4.79 Å². The van der Waals surface area contributed by atoms with Gasteiger partial charge in [0.05, 0.1) is 22.8 Å². The van der Waals surface area contributed by atoms with Gasteiger partial charge in [0, 0.05) is 16.0 Å². The second-order valence-electron chi connectivity index (χ2n) is 5.68. The molecule has 2 aliphatic rings. The number of halogens is 1. The van der Waals surface area contributed by atoms with Crippen molar-refractivity contribution in [2.45, 2.75) is 6.42 Å². The number of rotatable bonds is 2. The smallest absolute Gasteiger partial charge is 0.237 e. The summed E-state index contributed by atoms with van der Waals surface area (Å²) in [6, 6.07) is 16.9. The molecular weight excluding hydrogens is 354 g/mol. The number of thioether (sulfide) groups is 1. The van der Waals surface area contributed by atoms with Crippen LogP contribution in [-0.4, -0.2) is 11.7 Å². The number of carbonyl (C=O) groups is 1. The molecule has 2 aromatic carbocycles. The molecule has 0 atom stereocenters. The predicted octanol–water partition coefficient (Wildman–Crippen LogP) is 4.60. The van der Waals surface area contributed by atoms with E-state index in [4.69, 9.17) is 17.0 Å². The lowest BCUT2D eigenvalue weighted by Gasteiger charge is -2.16. The van der Waals surface area contributed by atoms with Gasteiger partial charge in [0.25, 0.3) is 0 Å². The van der Waals surface area contributed by atoms with Crippen molar-refractivity contribution >= 4 is 46.5 Å². The third-order valence-corrected chi connectivity index (χ3v) is 5.26. The molecule has 25 heavy (non-hydrogen) atoms. The van der Waals surface area contributed by atoms with Crippen LogP contribution < -0.4 is 10.2 Å². The van der Waals surface area contributed by atoms with Crippen LogP contribution >= 0.6 is 23.4 Å². The Bertz CT molecular complexity index is 919. The van der Waals surface area contributed by atoms with Gasteiger partial charge in [0.15, 0.2) is 0 Å². The van der Waals surface area contributed by atoms with Crippen LogP contribution in [0.4, 0.5) is 5.69 Å². The highest BCUT2D eigenvalue weighted by Gasteiger charge is 2.35. The van der Waals surface area contributed by atoms with Crippen LogP contribution in [0.5, 0.6) is 0 Å². The van der Waals surface area contributed by atoms with Crippen molar-refractivity contribution in [3.05, 3.63) is 81.2 Å². The molecule has 0 aliphatic carbocycles. The van der Waals surface area contributed by atoms with E-state index in [1.54, 1.807) is 0 Å². The molecule has 2 heterocycles. The molecule has 0 aromatic heterocycles. The second kappa shape index (κ2) is 6.43. The molecule has 6 heteroatoms. The molecule has 0 spiro atoms. The first kappa shape index (κ1) is 16.0. The molecule has 2 N–H and O–H groups in total. The van der Waals surface area contributed by atoms with Gasteiger partial charge in [-0.3, -0.25) is 15.1 Å². The SMILES string of the molecule is N=C1/C(=C2/NC(c3ccc(Cl)cc3)=CS2)CC(=O)N1c1ccccc1. The first-order valence-electron chi connectivity index (χ1n) is 7.73. The third-order valence-electron chi connectivity index (χ3n) is 4.07. The molecule has 4 nitrogen and oxygen atoms in total. The van der Waals surface area contributed by atoms with Crippen molar-refractivity contribution in [2.24, 2.45) is 0 Å². The molecule has 1 saturated heterocycles. The topological polar surface area (TPSA) is 56.2 Å². The van der Waals surface area contributed by atoms with E-state index in [9.17, 15) is 4.79 Å². The van der Waals surface area contributed by atoms with Gasteiger partial charge in [0.1, 0.15) is 5.84 Å². The number of nitrogens with zero attached hydrogens (tertiary/aromatic N) is 1. The average molecular weight is 368 g/mol. The van der Waals surface area contributed by atoms with Gasteiger partial charge in [-0.1, -0.05) is 53.7 Å². The summed E-state index contributed by atoms with van der Waals surface area (Å²) in [5.74, 6) is 0.151. The van der Waals surface area contributed by atoms with Gasteiger partial charge in [-0.15, -0.1) is 0 Å². The maximum Gasteiger partial charge on any atom is 0.237 e. The zero-order valence-corrected chi connectivity index (χ0v) is 14.7. The summed E-state index contributed by atoms with van der Waals surface area (Å²) in [4.78, 5) is 13.9. The molecule has 124 valence electrons. The lowest BCUT2D eigenvalue weighted by Crippen LogP contribution is -2.28. The fourth-order valence-electron chi connectivity index (χ4n) is 2.83. The highest BCUT2D eigenvalue weighted by Crippen LogP contribution is 2.37. The number of para-hydroxylation sites is 1. The molecule has 0 bridgehead atoms. The largest absolute Gasteiger partial charge is 0.349 e. The summed E-state index contributed by atoms with van der Waals surface area (Å²) in [6.07, 6.45) is 0.227. The van der Waals surface area contributed by atoms with Crippen molar-refractivity contribution in [1.29, 1.82) is 5.41 Å². The van der Waals surface area contributed by atoms with Crippen LogP contribution in [0.1, 0.15) is 12.0 Å². The van der Waals surface area contributed by atoms with Gasteiger partial charge in [-0.05, 0) is 29.8 Å². The molecule has 0 unspecified atom stereocenters. The van der Waals surface area contributed by atoms with E-state index in [0.29, 0.717) is 5.02 Å². The number of hydrogen-bond acceptors (Lipinski definition) is 4. The number of hydrogen-bond donors (Lipinski definition) is 2. The van der Waals surface area contributed by atoms with Crippen LogP contribution in [0.3, 0.4) is 0 Å². The Hall–Kier alpha value is -2.50. The summed E-state index contributed by atoms with van der Waals surface area (Å²) in [7, 11) is 0. The molecule has 2 aliphatic heterocycles. The van der Waals surface area contributed by atoms with Crippen LogP contribution in [0.25, 0.3) is 5.70 Å². The second-order valence-corrected chi connectivity index (χ2v) is 7.00. The molecular formula is C19H14ClN3OS. The Labute approximate surface area is 154 Å². The number of carbonyl (C=O) groups excluding carboxylic acids is 1. The van der Waals surface area contributed by atoms with Crippen molar-refractivity contribution in [1.82, 2.24) is 5.32 Å². The number of benzene rings is 2. The van der Waals surface area contributed by atoms with Gasteiger partial charge in [-0.2, -0.15) is 0 Å². The summed E-state index contributed by atoms with van der Waals surface area (Å²) in [6.45, 7) is 0. The number of amides is 1. The zero-order valence-electron chi connectivity index (χ0n) is 13.1. The lowest BCUT2D eigenvalue weighted by atomic mass is 10.1. The van der Waals surface area contributed by atoms with E-state index in [-0.39, 0.29) is 18.2 Å². The normalized spacial score (nSPS) is 20.0. The minimum Gasteiger partial charge on any atom is -0.349 e.